The van der Waals surface area contributed by atoms with Crippen LogP contribution in [0.5, 0.6) is 0 Å². The molecule has 28 heavy (non-hydrogen) atoms. The summed E-state index contributed by atoms with van der Waals surface area (Å²) >= 11 is 1.41. The monoisotopic (exact) mass is 407 g/mol. The number of thioether (sulfide) groups is 1. The van der Waals surface area contributed by atoms with Crippen molar-refractivity contribution >= 4 is 29.3 Å². The summed E-state index contributed by atoms with van der Waals surface area (Å²) in [5.74, 6) is -0.834. The molecule has 0 saturated carbocycles. The number of hydrogen-bond acceptors (Lipinski definition) is 8. The number of hydrogen-bond donors (Lipinski definition) is 2. The van der Waals surface area contributed by atoms with Crippen molar-refractivity contribution in [2.75, 3.05) is 12.3 Å². The maximum Gasteiger partial charge on any atom is 0.356 e. The van der Waals surface area contributed by atoms with Gasteiger partial charge in [-0.2, -0.15) is 0 Å². The Bertz CT molecular complexity index is 823. The molecule has 1 aromatic carbocycles. The maximum atomic E-state index is 12.7. The van der Waals surface area contributed by atoms with Gasteiger partial charge in [0, 0.05) is 35.8 Å². The van der Waals surface area contributed by atoms with Crippen LogP contribution < -0.4 is 5.73 Å². The molecule has 0 radical (unpaired) electrons. The number of nitro benzene ring substituents is 1. The van der Waals surface area contributed by atoms with Gasteiger partial charge < -0.3 is 20.5 Å². The van der Waals surface area contributed by atoms with Crippen molar-refractivity contribution < 1.29 is 24.4 Å². The molecule has 10 heteroatoms. The second-order valence-electron chi connectivity index (χ2n) is 6.65. The van der Waals surface area contributed by atoms with E-state index >= 15 is 0 Å². The van der Waals surface area contributed by atoms with E-state index in [9.17, 15) is 24.8 Å². The molecular formula is C18H21N3O6S. The number of aliphatic hydroxyl groups excluding tert-OH is 1. The number of fused-ring (bicyclic) bond motifs is 1. The standard InChI is InChI=1S/C18H21N3O6S/c1-10(22)15-13-8-14(28-7-6-19)16(20(13)17(15)23)18(24)27-9-11-2-4-12(5-3-11)21(25)26/h2-5,10,13,15,22H,6-9,19H2,1H3/t10-,13-,15?/m1/s1. The van der Waals surface area contributed by atoms with Gasteiger partial charge in [0.15, 0.2) is 0 Å². The number of carbonyl (C=O) groups is 2. The van der Waals surface area contributed by atoms with Gasteiger partial charge >= 0.3 is 5.97 Å². The zero-order valence-corrected chi connectivity index (χ0v) is 16.1. The first-order valence-electron chi connectivity index (χ1n) is 8.82. The zero-order valence-electron chi connectivity index (χ0n) is 15.2. The lowest BCUT2D eigenvalue weighted by Crippen LogP contribution is -2.61. The highest BCUT2D eigenvalue weighted by molar-refractivity contribution is 8.03. The van der Waals surface area contributed by atoms with Crippen LogP contribution in [0.3, 0.4) is 0 Å². The number of nitrogens with two attached hydrogens (primary N) is 1. The normalized spacial score (nSPS) is 22.0. The molecule has 2 aliphatic rings. The minimum atomic E-state index is -0.787. The number of amides is 1. The molecule has 3 N–H and O–H groups in total. The maximum absolute atomic E-state index is 12.7. The van der Waals surface area contributed by atoms with Crippen LogP contribution in [0.25, 0.3) is 0 Å². The molecule has 9 nitrogen and oxygen atoms in total. The number of carbonyl (C=O) groups excluding carboxylic acids is 2. The Morgan fingerprint density at radius 3 is 2.71 bits per heavy atom. The molecule has 0 aliphatic carbocycles. The molecule has 0 bridgehead atoms. The second-order valence-corrected chi connectivity index (χ2v) is 7.84. The minimum absolute atomic E-state index is 0.0489. The van der Waals surface area contributed by atoms with Gasteiger partial charge in [-0.15, -0.1) is 11.8 Å². The van der Waals surface area contributed by atoms with E-state index in [1.165, 1.54) is 40.9 Å². The molecule has 2 heterocycles. The summed E-state index contributed by atoms with van der Waals surface area (Å²) in [6, 6.07) is 5.46. The summed E-state index contributed by atoms with van der Waals surface area (Å²) in [6.45, 7) is 1.93. The van der Waals surface area contributed by atoms with E-state index in [-0.39, 0.29) is 29.9 Å². The lowest BCUT2D eigenvalue weighted by molar-refractivity contribution is -0.384. The van der Waals surface area contributed by atoms with Crippen LogP contribution in [0.15, 0.2) is 34.9 Å². The minimum Gasteiger partial charge on any atom is -0.456 e. The number of aliphatic hydroxyl groups is 1. The highest BCUT2D eigenvalue weighted by atomic mass is 32.2. The van der Waals surface area contributed by atoms with E-state index < -0.39 is 22.9 Å². The fourth-order valence-corrected chi connectivity index (χ4v) is 4.43. The molecule has 150 valence electrons. The van der Waals surface area contributed by atoms with E-state index in [1.807, 2.05) is 0 Å². The van der Waals surface area contributed by atoms with Gasteiger partial charge in [0.2, 0.25) is 5.91 Å². The molecule has 2 aliphatic heterocycles. The van der Waals surface area contributed by atoms with Crippen LogP contribution in [0.1, 0.15) is 18.9 Å². The number of benzene rings is 1. The van der Waals surface area contributed by atoms with Crippen molar-refractivity contribution in [2.45, 2.75) is 32.1 Å². The Kier molecular flexibility index (Phi) is 6.01. The van der Waals surface area contributed by atoms with Crippen molar-refractivity contribution in [3.8, 4) is 0 Å². The number of esters is 1. The van der Waals surface area contributed by atoms with Crippen molar-refractivity contribution in [3.63, 3.8) is 0 Å². The average molecular weight is 407 g/mol. The first kappa shape index (κ1) is 20.3. The molecule has 1 aromatic rings. The zero-order chi connectivity index (χ0) is 20.4. The summed E-state index contributed by atoms with van der Waals surface area (Å²) in [6.07, 6.45) is -0.293. The summed E-state index contributed by atoms with van der Waals surface area (Å²) in [5, 5.41) is 20.5. The largest absolute Gasteiger partial charge is 0.456 e. The Labute approximate surface area is 165 Å². The quantitative estimate of drug-likeness (QED) is 0.283. The van der Waals surface area contributed by atoms with E-state index in [4.69, 9.17) is 10.5 Å². The van der Waals surface area contributed by atoms with Crippen LogP contribution in [-0.2, 0) is 20.9 Å². The van der Waals surface area contributed by atoms with Gasteiger partial charge in [0.25, 0.3) is 5.69 Å². The van der Waals surface area contributed by atoms with Gasteiger partial charge in [-0.25, -0.2) is 4.79 Å². The van der Waals surface area contributed by atoms with E-state index in [1.54, 1.807) is 6.92 Å². The number of nitrogens with zero attached hydrogens (tertiary/aromatic N) is 2. The summed E-state index contributed by atoms with van der Waals surface area (Å²) in [5.41, 5.74) is 6.32. The van der Waals surface area contributed by atoms with Gasteiger partial charge in [-0.3, -0.25) is 14.9 Å². The predicted molar refractivity (Wildman–Crippen MR) is 102 cm³/mol. The van der Waals surface area contributed by atoms with Crippen molar-refractivity contribution in [1.82, 2.24) is 4.90 Å². The smallest absolute Gasteiger partial charge is 0.356 e. The molecule has 1 unspecified atom stereocenters. The topological polar surface area (TPSA) is 136 Å². The number of β-lactam (4-membered cyclic amide) rings is 1. The second kappa shape index (κ2) is 8.29. The van der Waals surface area contributed by atoms with E-state index in [0.29, 0.717) is 24.3 Å². The third kappa shape index (κ3) is 3.75. The first-order valence-corrected chi connectivity index (χ1v) is 9.81. The summed E-state index contributed by atoms with van der Waals surface area (Å²) < 4.78 is 5.35. The van der Waals surface area contributed by atoms with Crippen LogP contribution in [0, 0.1) is 16.0 Å². The lowest BCUT2D eigenvalue weighted by atomic mass is 9.83. The highest BCUT2D eigenvalue weighted by Crippen LogP contribution is 2.47. The van der Waals surface area contributed by atoms with Crippen LogP contribution in [0.4, 0.5) is 5.69 Å². The number of ether oxygens (including phenoxy) is 1. The molecule has 1 fully saturated rings. The van der Waals surface area contributed by atoms with Crippen LogP contribution in [0.2, 0.25) is 0 Å². The van der Waals surface area contributed by atoms with Gasteiger partial charge in [-0.1, -0.05) is 0 Å². The predicted octanol–water partition coefficient (Wildman–Crippen LogP) is 1.15. The van der Waals surface area contributed by atoms with Crippen LogP contribution in [-0.4, -0.2) is 51.2 Å². The molecule has 3 atom stereocenters. The molecule has 0 aromatic heterocycles. The Morgan fingerprint density at radius 1 is 1.46 bits per heavy atom. The number of rotatable bonds is 8. The summed E-state index contributed by atoms with van der Waals surface area (Å²) in [4.78, 5) is 37.5. The first-order chi connectivity index (χ1) is 13.3. The third-order valence-electron chi connectivity index (χ3n) is 4.79. The Morgan fingerprint density at radius 2 is 2.14 bits per heavy atom. The Balaban J connectivity index is 1.72. The molecule has 1 amide bonds. The SMILES string of the molecule is C[C@@H](O)C1C(=O)N2C(C(=O)OCc3ccc([N+](=O)[O-])cc3)=C(SCCN)C[C@H]12. The van der Waals surface area contributed by atoms with Crippen molar-refractivity contribution in [1.29, 1.82) is 0 Å². The van der Waals surface area contributed by atoms with E-state index in [2.05, 4.69) is 0 Å². The fraction of sp³-hybridized carbons (Fsp3) is 0.444. The molecule has 0 spiro atoms. The van der Waals surface area contributed by atoms with Gasteiger partial charge in [0.1, 0.15) is 12.3 Å². The van der Waals surface area contributed by atoms with Crippen molar-refractivity contribution in [3.05, 3.63) is 50.5 Å². The van der Waals surface area contributed by atoms with Crippen LogP contribution >= 0.6 is 11.8 Å². The molecular weight excluding hydrogens is 386 g/mol. The Hall–Kier alpha value is -2.43. The third-order valence-corrected chi connectivity index (χ3v) is 5.94. The average Bonchev–Trinajstić information content (AvgIpc) is 2.98. The lowest BCUT2D eigenvalue weighted by Gasteiger charge is -2.44. The highest BCUT2D eigenvalue weighted by Gasteiger charge is 2.56. The molecule has 3 rings (SSSR count). The fourth-order valence-electron chi connectivity index (χ4n) is 3.46. The van der Waals surface area contributed by atoms with E-state index in [0.717, 1.165) is 4.91 Å². The van der Waals surface area contributed by atoms with Gasteiger partial charge in [-0.05, 0) is 24.6 Å². The number of nitro groups is 1. The molecule has 1 saturated heterocycles. The van der Waals surface area contributed by atoms with Crippen molar-refractivity contribution in [2.24, 2.45) is 11.7 Å². The number of non-ortho nitro benzene ring substituents is 1. The van der Waals surface area contributed by atoms with Gasteiger partial charge in [0.05, 0.1) is 23.0 Å². The summed E-state index contributed by atoms with van der Waals surface area (Å²) in [7, 11) is 0.